The Morgan fingerprint density at radius 2 is 2.15 bits per heavy atom. The van der Waals surface area contributed by atoms with Gasteiger partial charge in [-0.05, 0) is 18.6 Å². The highest BCUT2D eigenvalue weighted by molar-refractivity contribution is 6.23. The first-order valence-electron chi connectivity index (χ1n) is 4.08. The minimum absolute atomic E-state index is 0.682. The molecule has 1 aromatic carbocycles. The van der Waals surface area contributed by atoms with E-state index in [0.29, 0.717) is 11.5 Å². The summed E-state index contributed by atoms with van der Waals surface area (Å²) in [6.07, 6.45) is 4.52. The van der Waals surface area contributed by atoms with Gasteiger partial charge in [0.1, 0.15) is 5.75 Å². The van der Waals surface area contributed by atoms with Crippen LogP contribution in [0.15, 0.2) is 24.5 Å². The normalized spacial score (nSPS) is 16.0. The van der Waals surface area contributed by atoms with Crippen LogP contribution in [0.25, 0.3) is 0 Å². The lowest BCUT2D eigenvalue weighted by atomic mass is 10.1. The zero-order chi connectivity index (χ0) is 8.67. The summed E-state index contributed by atoms with van der Waals surface area (Å²) in [4.78, 5) is 0. The Bertz CT molecular complexity index is 387. The molecular weight excluding hydrogens is 167 g/mol. The number of ether oxygens (including phenoxy) is 1. The average Bonchev–Trinajstić information content (AvgIpc) is 2.65. The van der Waals surface area contributed by atoms with E-state index in [9.17, 15) is 0 Å². The van der Waals surface area contributed by atoms with E-state index in [-0.39, 0.29) is 0 Å². The molecule has 0 spiro atoms. The molecule has 0 bridgehead atoms. The van der Waals surface area contributed by atoms with Crippen molar-refractivity contribution < 1.29 is 14.0 Å². The van der Waals surface area contributed by atoms with E-state index in [0.717, 1.165) is 17.7 Å². The van der Waals surface area contributed by atoms with Crippen LogP contribution in [-0.4, -0.2) is 7.69 Å². The maximum atomic E-state index is 5.36. The minimum Gasteiger partial charge on any atom is -0.524 e. The minimum atomic E-state index is 0.682. The molecule has 0 aromatic heterocycles. The molecule has 2 aliphatic heterocycles. The van der Waals surface area contributed by atoms with Crippen molar-refractivity contribution in [2.24, 2.45) is 0 Å². The molecule has 0 saturated heterocycles. The van der Waals surface area contributed by atoms with Crippen LogP contribution in [0.3, 0.4) is 0 Å². The van der Waals surface area contributed by atoms with Gasteiger partial charge < -0.3 is 14.0 Å². The molecule has 63 valence electrons. The van der Waals surface area contributed by atoms with Crippen LogP contribution in [0, 0.1) is 0 Å². The Hall–Kier alpha value is -1.58. The predicted molar refractivity (Wildman–Crippen MR) is 46.9 cm³/mol. The van der Waals surface area contributed by atoms with Crippen molar-refractivity contribution >= 4 is 7.69 Å². The molecule has 0 fully saturated rings. The topological polar surface area (TPSA) is 27.7 Å². The molecule has 1 radical (unpaired) electrons. The third-order valence-corrected chi connectivity index (χ3v) is 2.12. The molecule has 3 rings (SSSR count). The van der Waals surface area contributed by atoms with E-state index in [2.05, 4.69) is 0 Å². The van der Waals surface area contributed by atoms with Crippen LogP contribution in [0.5, 0.6) is 17.2 Å². The first kappa shape index (κ1) is 6.89. The van der Waals surface area contributed by atoms with E-state index in [1.54, 1.807) is 6.26 Å². The molecule has 0 amide bonds. The van der Waals surface area contributed by atoms with Gasteiger partial charge >= 0.3 is 7.69 Å². The van der Waals surface area contributed by atoms with Crippen LogP contribution in [0.4, 0.5) is 0 Å². The molecule has 4 heteroatoms. The molecule has 0 atom stereocenters. The van der Waals surface area contributed by atoms with Gasteiger partial charge in [-0.1, -0.05) is 6.07 Å². The van der Waals surface area contributed by atoms with Crippen molar-refractivity contribution in [3.8, 4) is 17.2 Å². The summed E-state index contributed by atoms with van der Waals surface area (Å²) < 4.78 is 15.7. The smallest absolute Gasteiger partial charge is 0.524 e. The third kappa shape index (κ3) is 0.916. The number of hydrogen-bond acceptors (Lipinski definition) is 3. The molecule has 0 N–H and O–H groups in total. The van der Waals surface area contributed by atoms with Gasteiger partial charge in [-0.25, -0.2) is 0 Å². The number of hydrogen-bond donors (Lipinski definition) is 0. The van der Waals surface area contributed by atoms with Gasteiger partial charge in [0, 0.05) is 5.56 Å². The summed E-state index contributed by atoms with van der Waals surface area (Å²) in [5.41, 5.74) is 1.13. The Labute approximate surface area is 76.2 Å². The van der Waals surface area contributed by atoms with Gasteiger partial charge in [0.2, 0.25) is 0 Å². The van der Waals surface area contributed by atoms with Gasteiger partial charge in [0.25, 0.3) is 0 Å². The molecule has 3 nitrogen and oxygen atoms in total. The first-order chi connectivity index (χ1) is 6.45. The summed E-state index contributed by atoms with van der Waals surface area (Å²) in [6.45, 7) is 0. The summed E-state index contributed by atoms with van der Waals surface area (Å²) in [5, 5.41) is 0. The third-order valence-electron chi connectivity index (χ3n) is 2.12. The molecule has 1 aromatic rings. The second-order valence-corrected chi connectivity index (χ2v) is 2.91. The zero-order valence-electron chi connectivity index (χ0n) is 6.82. The summed E-state index contributed by atoms with van der Waals surface area (Å²) in [5.74, 6) is 2.17. The largest absolute Gasteiger partial charge is 0.658 e. The summed E-state index contributed by atoms with van der Waals surface area (Å²) in [7, 11) is 1.31. The van der Waals surface area contributed by atoms with E-state index in [4.69, 9.17) is 14.0 Å². The molecular formula is C9H6BO3. The molecule has 13 heavy (non-hydrogen) atoms. The second kappa shape index (κ2) is 2.45. The van der Waals surface area contributed by atoms with Gasteiger partial charge in [0.05, 0.1) is 6.26 Å². The fourth-order valence-corrected chi connectivity index (χ4v) is 1.49. The Kier molecular flexibility index (Phi) is 1.30. The van der Waals surface area contributed by atoms with E-state index in [1.165, 1.54) is 7.69 Å². The Morgan fingerprint density at radius 3 is 3.15 bits per heavy atom. The second-order valence-electron chi connectivity index (χ2n) is 2.91. The maximum absolute atomic E-state index is 5.36. The van der Waals surface area contributed by atoms with Crippen molar-refractivity contribution in [3.05, 3.63) is 30.0 Å². The van der Waals surface area contributed by atoms with Crippen LogP contribution in [-0.2, 0) is 6.42 Å². The Balaban J connectivity index is 2.20. The van der Waals surface area contributed by atoms with Gasteiger partial charge in [0.15, 0.2) is 11.5 Å². The molecule has 0 unspecified atom stereocenters. The molecule has 2 aliphatic rings. The highest BCUT2D eigenvalue weighted by atomic mass is 16.6. The molecule has 2 heterocycles. The lowest BCUT2D eigenvalue weighted by Gasteiger charge is -2.13. The Morgan fingerprint density at radius 1 is 1.15 bits per heavy atom. The SMILES string of the molecule is [B]1Oc2ccc3c(c2O1)OC=CC3. The number of benzene rings is 1. The van der Waals surface area contributed by atoms with E-state index >= 15 is 0 Å². The highest BCUT2D eigenvalue weighted by Crippen LogP contribution is 2.43. The highest BCUT2D eigenvalue weighted by Gasteiger charge is 2.24. The summed E-state index contributed by atoms with van der Waals surface area (Å²) in [6, 6.07) is 3.88. The van der Waals surface area contributed by atoms with Crippen molar-refractivity contribution in [1.82, 2.24) is 0 Å². The molecule has 0 aliphatic carbocycles. The van der Waals surface area contributed by atoms with Gasteiger partial charge in [-0.3, -0.25) is 0 Å². The summed E-state index contributed by atoms with van der Waals surface area (Å²) >= 11 is 0. The average molecular weight is 173 g/mol. The van der Waals surface area contributed by atoms with Crippen molar-refractivity contribution in [3.63, 3.8) is 0 Å². The lowest BCUT2D eigenvalue weighted by molar-refractivity contribution is 0.440. The van der Waals surface area contributed by atoms with Crippen molar-refractivity contribution in [1.29, 1.82) is 0 Å². The lowest BCUT2D eigenvalue weighted by Crippen LogP contribution is -2.01. The van der Waals surface area contributed by atoms with E-state index in [1.807, 2.05) is 18.2 Å². The standard InChI is InChI=1S/C9H6BO3/c1-2-6-3-4-7-9(13-10-12-7)8(6)11-5-1/h1,3-5H,2H2. The fourth-order valence-electron chi connectivity index (χ4n) is 1.49. The number of rotatable bonds is 0. The van der Waals surface area contributed by atoms with Gasteiger partial charge in [-0.15, -0.1) is 0 Å². The zero-order valence-corrected chi connectivity index (χ0v) is 6.82. The molecule has 0 saturated carbocycles. The number of allylic oxidation sites excluding steroid dienone is 1. The maximum Gasteiger partial charge on any atom is 0.658 e. The van der Waals surface area contributed by atoms with E-state index < -0.39 is 0 Å². The van der Waals surface area contributed by atoms with Crippen LogP contribution < -0.4 is 14.0 Å². The van der Waals surface area contributed by atoms with Crippen LogP contribution in [0.1, 0.15) is 5.56 Å². The fraction of sp³-hybridized carbons (Fsp3) is 0.111. The first-order valence-corrected chi connectivity index (χ1v) is 4.08. The number of fused-ring (bicyclic) bond motifs is 3. The van der Waals surface area contributed by atoms with Crippen LogP contribution in [0.2, 0.25) is 0 Å². The monoisotopic (exact) mass is 173 g/mol. The quantitative estimate of drug-likeness (QED) is 0.555. The van der Waals surface area contributed by atoms with Crippen LogP contribution >= 0.6 is 0 Å². The van der Waals surface area contributed by atoms with Crippen molar-refractivity contribution in [2.45, 2.75) is 6.42 Å². The van der Waals surface area contributed by atoms with Crippen molar-refractivity contribution in [2.75, 3.05) is 0 Å². The van der Waals surface area contributed by atoms with Gasteiger partial charge in [-0.2, -0.15) is 0 Å². The predicted octanol–water partition coefficient (Wildman–Crippen LogP) is 1.44.